The van der Waals surface area contributed by atoms with Crippen molar-refractivity contribution in [3.63, 3.8) is 0 Å². The Kier molecular flexibility index (Phi) is 8.47. The van der Waals surface area contributed by atoms with Gasteiger partial charge in [0.05, 0.1) is 5.54 Å². The van der Waals surface area contributed by atoms with Gasteiger partial charge >= 0.3 is 0 Å². The summed E-state index contributed by atoms with van der Waals surface area (Å²) in [5.41, 5.74) is 19.7. The number of para-hydroxylation sites is 1. The molecule has 0 N–H and O–H groups in total. The molecule has 1 saturated carbocycles. The van der Waals surface area contributed by atoms with Crippen LogP contribution in [-0.4, -0.2) is 12.3 Å². The first kappa shape index (κ1) is 39.8. The molecular formula is C59H58BN3S. The monoisotopic (exact) mass is 851 g/mol. The molecule has 2 atom stereocenters. The third-order valence-electron chi connectivity index (χ3n) is 15.9. The summed E-state index contributed by atoms with van der Waals surface area (Å²) in [6.45, 7) is 21.4. The van der Waals surface area contributed by atoms with Crippen LogP contribution in [0.5, 0.6) is 0 Å². The molecule has 3 nitrogen and oxygen atoms in total. The third kappa shape index (κ3) is 5.58. The molecule has 12 rings (SSSR count). The maximum absolute atomic E-state index is 2.75. The van der Waals surface area contributed by atoms with Gasteiger partial charge in [-0.25, -0.2) is 0 Å². The van der Waals surface area contributed by atoms with Gasteiger partial charge in [-0.2, -0.15) is 0 Å². The lowest BCUT2D eigenvalue weighted by atomic mass is 9.33. The van der Waals surface area contributed by atoms with E-state index in [1.807, 2.05) is 11.3 Å². The lowest BCUT2D eigenvalue weighted by molar-refractivity contribution is 0.195. The molecule has 1 fully saturated rings. The van der Waals surface area contributed by atoms with Crippen molar-refractivity contribution in [3.05, 3.63) is 162 Å². The number of hydrogen-bond acceptors (Lipinski definition) is 4. The van der Waals surface area contributed by atoms with Crippen LogP contribution in [0.3, 0.4) is 0 Å². The number of aryl methyl sites for hydroxylation is 1. The quantitative estimate of drug-likeness (QED) is 0.164. The third-order valence-corrected chi connectivity index (χ3v) is 17.1. The van der Waals surface area contributed by atoms with Crippen LogP contribution in [0.4, 0.5) is 45.5 Å². The Morgan fingerprint density at radius 3 is 1.91 bits per heavy atom. The number of thiophene rings is 1. The molecule has 5 heteroatoms. The fourth-order valence-electron chi connectivity index (χ4n) is 12.3. The number of hydrogen-bond donors (Lipinski definition) is 0. The molecule has 0 spiro atoms. The van der Waals surface area contributed by atoms with Gasteiger partial charge in [-0.3, -0.25) is 0 Å². The highest BCUT2D eigenvalue weighted by molar-refractivity contribution is 7.25. The minimum Gasteiger partial charge on any atom is -0.334 e. The maximum Gasteiger partial charge on any atom is 0.252 e. The van der Waals surface area contributed by atoms with Crippen molar-refractivity contribution in [1.82, 2.24) is 0 Å². The van der Waals surface area contributed by atoms with Crippen molar-refractivity contribution in [2.45, 2.75) is 110 Å². The number of fused-ring (bicyclic) bond motifs is 10. The minimum absolute atomic E-state index is 0.0108. The summed E-state index contributed by atoms with van der Waals surface area (Å²) in [6.07, 6.45) is 4.91. The van der Waals surface area contributed by atoms with Gasteiger partial charge < -0.3 is 14.7 Å². The summed E-state index contributed by atoms with van der Waals surface area (Å²) in [4.78, 5) is 7.98. The Hall–Kier alpha value is -5.78. The zero-order chi connectivity index (χ0) is 44.1. The second-order valence-corrected chi connectivity index (χ2v) is 22.9. The Morgan fingerprint density at radius 2 is 1.14 bits per heavy atom. The molecular weight excluding hydrogens is 794 g/mol. The highest BCUT2D eigenvalue weighted by Crippen LogP contribution is 2.61. The summed E-state index contributed by atoms with van der Waals surface area (Å²) in [7, 11) is 0. The number of rotatable bonds is 3. The van der Waals surface area contributed by atoms with Gasteiger partial charge in [-0.1, -0.05) is 134 Å². The molecule has 1 aromatic heterocycles. The van der Waals surface area contributed by atoms with Crippen LogP contribution in [0.2, 0.25) is 0 Å². The van der Waals surface area contributed by atoms with E-state index < -0.39 is 0 Å². The topological polar surface area (TPSA) is 9.72 Å². The number of nitrogens with zero attached hydrogens (tertiary/aromatic N) is 3. The molecule has 0 saturated heterocycles. The zero-order valence-electron chi connectivity index (χ0n) is 38.9. The summed E-state index contributed by atoms with van der Waals surface area (Å²) in [6, 6.07) is 54.6. The van der Waals surface area contributed by atoms with Crippen LogP contribution >= 0.6 is 11.3 Å². The summed E-state index contributed by atoms with van der Waals surface area (Å²) in [5, 5.41) is 2.66. The summed E-state index contributed by atoms with van der Waals surface area (Å²) >= 11 is 1.90. The molecule has 2 unspecified atom stereocenters. The van der Waals surface area contributed by atoms with E-state index in [1.54, 1.807) is 0 Å². The van der Waals surface area contributed by atoms with E-state index in [1.165, 1.54) is 130 Å². The van der Waals surface area contributed by atoms with E-state index >= 15 is 0 Å². The molecule has 0 amide bonds. The molecule has 7 aromatic carbocycles. The predicted molar refractivity (Wildman–Crippen MR) is 278 cm³/mol. The lowest BCUT2D eigenvalue weighted by Crippen LogP contribution is -2.61. The first-order chi connectivity index (χ1) is 30.6. The predicted octanol–water partition coefficient (Wildman–Crippen LogP) is 14.8. The van der Waals surface area contributed by atoms with E-state index in [9.17, 15) is 0 Å². The molecule has 0 radical (unpaired) electrons. The van der Waals surface area contributed by atoms with Crippen LogP contribution in [0.25, 0.3) is 20.2 Å². The van der Waals surface area contributed by atoms with E-state index in [4.69, 9.17) is 0 Å². The van der Waals surface area contributed by atoms with Gasteiger partial charge in [0.1, 0.15) is 0 Å². The van der Waals surface area contributed by atoms with Crippen molar-refractivity contribution in [1.29, 1.82) is 0 Å². The summed E-state index contributed by atoms with van der Waals surface area (Å²) in [5.74, 6) is 0. The second-order valence-electron chi connectivity index (χ2n) is 21.8. The second kappa shape index (κ2) is 13.6. The molecule has 3 aliphatic heterocycles. The van der Waals surface area contributed by atoms with Crippen LogP contribution in [0, 0.1) is 6.92 Å². The van der Waals surface area contributed by atoms with Gasteiger partial charge in [0.25, 0.3) is 6.71 Å². The molecule has 1 aliphatic carbocycles. The van der Waals surface area contributed by atoms with E-state index in [2.05, 4.69) is 217 Å². The average Bonchev–Trinajstić information content (AvgIpc) is 3.74. The molecule has 0 bridgehead atoms. The van der Waals surface area contributed by atoms with E-state index in [0.29, 0.717) is 0 Å². The van der Waals surface area contributed by atoms with Crippen molar-refractivity contribution >= 4 is 100 Å². The van der Waals surface area contributed by atoms with Gasteiger partial charge in [0, 0.05) is 71.1 Å². The zero-order valence-corrected chi connectivity index (χ0v) is 39.8. The van der Waals surface area contributed by atoms with Crippen LogP contribution < -0.4 is 31.1 Å². The molecule has 64 heavy (non-hydrogen) atoms. The first-order valence-electron chi connectivity index (χ1n) is 23.6. The van der Waals surface area contributed by atoms with Crippen LogP contribution in [0.15, 0.2) is 140 Å². The van der Waals surface area contributed by atoms with E-state index in [0.717, 1.165) is 0 Å². The minimum atomic E-state index is -0.0385. The highest BCUT2D eigenvalue weighted by atomic mass is 32.1. The van der Waals surface area contributed by atoms with Gasteiger partial charge in [0.2, 0.25) is 0 Å². The largest absolute Gasteiger partial charge is 0.334 e. The highest BCUT2D eigenvalue weighted by Gasteiger charge is 2.57. The molecule has 4 aliphatic rings. The fraction of sp³-hybridized carbons (Fsp3) is 0.288. The van der Waals surface area contributed by atoms with Crippen molar-refractivity contribution in [2.75, 3.05) is 14.7 Å². The van der Waals surface area contributed by atoms with Gasteiger partial charge in [-0.15, -0.1) is 11.3 Å². The molecule has 8 aromatic rings. The Morgan fingerprint density at radius 1 is 0.516 bits per heavy atom. The van der Waals surface area contributed by atoms with Crippen LogP contribution in [0.1, 0.15) is 103 Å². The van der Waals surface area contributed by atoms with Crippen LogP contribution in [-0.2, 0) is 16.2 Å². The number of anilines is 8. The molecule has 318 valence electrons. The van der Waals surface area contributed by atoms with Gasteiger partial charge in [0.15, 0.2) is 0 Å². The van der Waals surface area contributed by atoms with E-state index in [-0.39, 0.29) is 28.5 Å². The first-order valence-corrected chi connectivity index (χ1v) is 24.4. The molecule has 4 heterocycles. The van der Waals surface area contributed by atoms with Gasteiger partial charge in [-0.05, 0) is 143 Å². The smallest absolute Gasteiger partial charge is 0.252 e. The van der Waals surface area contributed by atoms with Crippen molar-refractivity contribution in [3.8, 4) is 0 Å². The standard InChI is InChI=1S/C59H58BN3S/c1-37-31-51-55-52(32-37)62(41-24-26-44-43-19-10-13-22-53(43)64-54(44)36-41)50-35-42(63-48-21-12-11-20-45(48)58(8)29-14-15-30-59(58,63)9)25-28-47(50)60(55)46-27-23-39(57(5,6)7)34-49(46)61(51)40-18-16-17-38(33-40)56(2,3)4/h10-13,16-28,31-36H,14-15,29-30H2,1-9H3. The summed E-state index contributed by atoms with van der Waals surface area (Å²) < 4.78 is 2.65. The maximum atomic E-state index is 2.75. The SMILES string of the molecule is Cc1cc2c3c(c1)N(c1cccc(C(C)(C)C)c1)c1cc(C(C)(C)C)ccc1B3c1ccc(N3c4ccccc4C4(C)CCCCC34C)cc1N2c1ccc2c(c1)sc1ccccc12. The fourth-order valence-corrected chi connectivity index (χ4v) is 13.5. The average molecular weight is 852 g/mol. The normalized spacial score (nSPS) is 20.0. The number of benzene rings is 7. The lowest BCUT2D eigenvalue weighted by Gasteiger charge is -2.50. The Balaban J connectivity index is 1.15. The Bertz CT molecular complexity index is 3240. The van der Waals surface area contributed by atoms with Crippen molar-refractivity contribution in [2.24, 2.45) is 0 Å². The Labute approximate surface area is 384 Å². The van der Waals surface area contributed by atoms with Crippen molar-refractivity contribution < 1.29 is 0 Å².